The summed E-state index contributed by atoms with van der Waals surface area (Å²) >= 11 is 1.64. The molecule has 0 unspecified atom stereocenters. The number of hydrogen-bond donors (Lipinski definition) is 1. The van der Waals surface area contributed by atoms with E-state index in [1.807, 2.05) is 23.1 Å². The van der Waals surface area contributed by atoms with E-state index in [1.54, 1.807) is 16.2 Å². The molecular weight excluding hydrogens is 360 g/mol. The number of carbonyl (C=O) groups is 2. The Balaban J connectivity index is 1.23. The minimum absolute atomic E-state index is 0.141. The molecule has 2 aromatic rings. The van der Waals surface area contributed by atoms with Crippen LogP contribution in [0.25, 0.3) is 11.3 Å². The molecule has 2 amide bonds. The summed E-state index contributed by atoms with van der Waals surface area (Å²) < 4.78 is 0. The Bertz CT molecular complexity index is 838. The van der Waals surface area contributed by atoms with Gasteiger partial charge in [0.05, 0.1) is 5.69 Å². The van der Waals surface area contributed by atoms with Gasteiger partial charge in [-0.1, -0.05) is 30.3 Å². The fraction of sp³-hybridized carbons (Fsp3) is 0.450. The lowest BCUT2D eigenvalue weighted by Crippen LogP contribution is -2.60. The Morgan fingerprint density at radius 1 is 1.11 bits per heavy atom. The van der Waals surface area contributed by atoms with Crippen molar-refractivity contribution in [2.45, 2.75) is 43.9 Å². The second kappa shape index (κ2) is 6.73. The minimum Gasteiger partial charge on any atom is -0.329 e. The number of benzene rings is 1. The third-order valence-corrected chi connectivity index (χ3v) is 6.70. The summed E-state index contributed by atoms with van der Waals surface area (Å²) in [6.45, 7) is 2.02. The Labute approximate surface area is 162 Å². The maximum Gasteiger partial charge on any atom is 0.246 e. The molecule has 0 aliphatic carbocycles. The Hall–Kier alpha value is -2.25. The highest BCUT2D eigenvalue weighted by Crippen LogP contribution is 2.32. The van der Waals surface area contributed by atoms with Gasteiger partial charge in [-0.2, -0.15) is 0 Å². The second-order valence-corrected chi connectivity index (χ2v) is 8.44. The van der Waals surface area contributed by atoms with Gasteiger partial charge in [-0.25, -0.2) is 4.98 Å². The first kappa shape index (κ1) is 16.9. The lowest BCUT2D eigenvalue weighted by atomic mass is 10.1. The minimum atomic E-state index is -0.277. The Morgan fingerprint density at radius 2 is 1.93 bits per heavy atom. The molecule has 0 saturated carbocycles. The monoisotopic (exact) mass is 382 g/mol. The van der Waals surface area contributed by atoms with Crippen molar-refractivity contribution in [2.75, 3.05) is 13.1 Å². The number of hydrogen-bond acceptors (Lipinski definition) is 5. The quantitative estimate of drug-likeness (QED) is 0.877. The maximum absolute atomic E-state index is 12.7. The summed E-state index contributed by atoms with van der Waals surface area (Å²) in [5, 5.41) is 6.61. The third-order valence-electron chi connectivity index (χ3n) is 5.85. The third kappa shape index (κ3) is 2.95. The Morgan fingerprint density at radius 3 is 2.78 bits per heavy atom. The highest BCUT2D eigenvalue weighted by molar-refractivity contribution is 7.09. The largest absolute Gasteiger partial charge is 0.329 e. The van der Waals surface area contributed by atoms with Gasteiger partial charge in [-0.05, 0) is 19.3 Å². The number of amides is 2. The summed E-state index contributed by atoms with van der Waals surface area (Å²) in [5.41, 5.74) is 2.11. The van der Waals surface area contributed by atoms with Crippen LogP contribution in [0, 0.1) is 0 Å². The van der Waals surface area contributed by atoms with Crippen molar-refractivity contribution < 1.29 is 9.59 Å². The van der Waals surface area contributed by atoms with Gasteiger partial charge >= 0.3 is 0 Å². The number of fused-ring (bicyclic) bond motifs is 2. The number of aromatic nitrogens is 1. The van der Waals surface area contributed by atoms with Crippen molar-refractivity contribution in [3.63, 3.8) is 0 Å². The van der Waals surface area contributed by atoms with E-state index in [0.29, 0.717) is 19.5 Å². The molecule has 4 heterocycles. The molecule has 0 radical (unpaired) electrons. The van der Waals surface area contributed by atoms with Crippen LogP contribution in [0.15, 0.2) is 35.7 Å². The van der Waals surface area contributed by atoms with Gasteiger partial charge in [0.1, 0.15) is 17.1 Å². The fourth-order valence-corrected chi connectivity index (χ4v) is 5.25. The van der Waals surface area contributed by atoms with E-state index >= 15 is 0 Å². The number of nitrogens with zero attached hydrogens (tertiary/aromatic N) is 3. The van der Waals surface area contributed by atoms with Crippen LogP contribution in [0.5, 0.6) is 0 Å². The van der Waals surface area contributed by atoms with Crippen LogP contribution in [-0.2, 0) is 16.1 Å². The molecule has 140 valence electrons. The normalized spacial score (nSPS) is 27.2. The fourth-order valence-electron chi connectivity index (χ4n) is 4.50. The van der Waals surface area contributed by atoms with Crippen LogP contribution < -0.4 is 5.32 Å². The summed E-state index contributed by atoms with van der Waals surface area (Å²) in [4.78, 5) is 33.7. The number of rotatable bonds is 4. The van der Waals surface area contributed by atoms with Crippen molar-refractivity contribution in [3.8, 4) is 11.3 Å². The summed E-state index contributed by atoms with van der Waals surface area (Å²) in [7, 11) is 0. The molecule has 3 saturated heterocycles. The summed E-state index contributed by atoms with van der Waals surface area (Å²) in [5.74, 6) is 0.282. The standard InChI is InChI=1S/C20H22N4O2S/c25-19-16-7-4-8-23(16)20(26)17-9-14(11-24(17)19)21-10-18-22-15(12-27-18)13-5-2-1-3-6-13/h1-3,5-6,12,14,16-17,21H,4,7-11H2/t14-,16+,17-/m0/s1. The highest BCUT2D eigenvalue weighted by atomic mass is 32.1. The first-order chi connectivity index (χ1) is 13.2. The lowest BCUT2D eigenvalue weighted by Gasteiger charge is -2.38. The zero-order valence-electron chi connectivity index (χ0n) is 15.0. The molecule has 1 aromatic carbocycles. The van der Waals surface area contributed by atoms with Crippen molar-refractivity contribution in [3.05, 3.63) is 40.7 Å². The van der Waals surface area contributed by atoms with Crippen molar-refractivity contribution in [1.82, 2.24) is 20.1 Å². The van der Waals surface area contributed by atoms with Crippen molar-refractivity contribution in [1.29, 1.82) is 0 Å². The molecule has 0 bridgehead atoms. The van der Waals surface area contributed by atoms with Crippen molar-refractivity contribution in [2.24, 2.45) is 0 Å². The number of piperazine rings is 1. The molecule has 5 rings (SSSR count). The molecule has 1 aromatic heterocycles. The molecule has 3 aliphatic heterocycles. The van der Waals surface area contributed by atoms with Gasteiger partial charge < -0.3 is 15.1 Å². The average molecular weight is 382 g/mol. The van der Waals surface area contributed by atoms with Gasteiger partial charge in [0, 0.05) is 36.6 Å². The molecule has 1 N–H and O–H groups in total. The van der Waals surface area contributed by atoms with Crippen LogP contribution in [0.4, 0.5) is 0 Å². The SMILES string of the molecule is O=C1[C@@H]2C[C@H](NCc3nc(-c4ccccc4)cs3)CN2C(=O)[C@H]2CCCN12. The molecular formula is C20H22N4O2S. The van der Waals surface area contributed by atoms with Crippen LogP contribution in [-0.4, -0.2) is 57.8 Å². The van der Waals surface area contributed by atoms with Gasteiger partial charge in [-0.15, -0.1) is 11.3 Å². The van der Waals surface area contributed by atoms with E-state index in [0.717, 1.165) is 35.7 Å². The topological polar surface area (TPSA) is 65.5 Å². The zero-order valence-corrected chi connectivity index (χ0v) is 15.8. The highest BCUT2D eigenvalue weighted by Gasteiger charge is 2.51. The number of thiazole rings is 1. The van der Waals surface area contributed by atoms with Gasteiger partial charge in [-0.3, -0.25) is 9.59 Å². The predicted octanol–water partition coefficient (Wildman–Crippen LogP) is 1.87. The van der Waals surface area contributed by atoms with E-state index in [4.69, 9.17) is 4.98 Å². The van der Waals surface area contributed by atoms with Crippen LogP contribution in [0.3, 0.4) is 0 Å². The average Bonchev–Trinajstić information content (AvgIpc) is 3.44. The first-order valence-corrected chi connectivity index (χ1v) is 10.4. The van der Waals surface area contributed by atoms with Gasteiger partial charge in [0.2, 0.25) is 11.8 Å². The smallest absolute Gasteiger partial charge is 0.246 e. The molecule has 7 heteroatoms. The van der Waals surface area contributed by atoms with E-state index in [-0.39, 0.29) is 29.9 Å². The maximum atomic E-state index is 12.7. The molecule has 3 aliphatic rings. The van der Waals surface area contributed by atoms with Crippen LogP contribution in [0.1, 0.15) is 24.3 Å². The molecule has 3 atom stereocenters. The van der Waals surface area contributed by atoms with E-state index in [2.05, 4.69) is 22.8 Å². The molecule has 6 nitrogen and oxygen atoms in total. The lowest BCUT2D eigenvalue weighted by molar-refractivity contribution is -0.156. The summed E-state index contributed by atoms with van der Waals surface area (Å²) in [6.07, 6.45) is 2.45. The van der Waals surface area contributed by atoms with Crippen LogP contribution in [0.2, 0.25) is 0 Å². The van der Waals surface area contributed by atoms with Gasteiger partial charge in [0.15, 0.2) is 0 Å². The van der Waals surface area contributed by atoms with Crippen LogP contribution >= 0.6 is 11.3 Å². The van der Waals surface area contributed by atoms with Gasteiger partial charge in [0.25, 0.3) is 0 Å². The number of carbonyl (C=O) groups excluding carboxylic acids is 2. The number of nitrogens with one attached hydrogen (secondary N) is 1. The van der Waals surface area contributed by atoms with E-state index in [1.165, 1.54) is 0 Å². The second-order valence-electron chi connectivity index (χ2n) is 7.50. The van der Waals surface area contributed by atoms with E-state index < -0.39 is 0 Å². The Kier molecular flexibility index (Phi) is 4.21. The zero-order chi connectivity index (χ0) is 18.4. The molecule has 3 fully saturated rings. The molecule has 0 spiro atoms. The van der Waals surface area contributed by atoms with E-state index in [9.17, 15) is 9.59 Å². The first-order valence-electron chi connectivity index (χ1n) is 9.55. The van der Waals surface area contributed by atoms with Crippen molar-refractivity contribution >= 4 is 23.2 Å². The predicted molar refractivity (Wildman–Crippen MR) is 103 cm³/mol. The molecule has 27 heavy (non-hydrogen) atoms. The summed E-state index contributed by atoms with van der Waals surface area (Å²) in [6, 6.07) is 9.81.